The normalized spacial score (nSPS) is 23.7. The lowest BCUT2D eigenvalue weighted by molar-refractivity contribution is -0.150. The van der Waals surface area contributed by atoms with Gasteiger partial charge < -0.3 is 19.5 Å². The van der Waals surface area contributed by atoms with Crippen molar-refractivity contribution >= 4 is 5.91 Å². The lowest BCUT2D eigenvalue weighted by Crippen LogP contribution is -2.53. The molecule has 1 amide bonds. The number of rotatable bonds is 6. The molecule has 1 N–H and O–H groups in total. The van der Waals surface area contributed by atoms with E-state index in [-0.39, 0.29) is 17.7 Å². The van der Waals surface area contributed by atoms with Crippen molar-refractivity contribution in [1.82, 2.24) is 9.80 Å². The van der Waals surface area contributed by atoms with E-state index in [1.54, 1.807) is 28.1 Å². The van der Waals surface area contributed by atoms with E-state index < -0.39 is 5.60 Å². The Morgan fingerprint density at radius 1 is 1.06 bits per heavy atom. The third kappa shape index (κ3) is 4.48. The Hall–Kier alpha value is -2.57. The summed E-state index contributed by atoms with van der Waals surface area (Å²) >= 11 is 0. The van der Waals surface area contributed by atoms with Gasteiger partial charge in [-0.1, -0.05) is 36.4 Å². The summed E-state index contributed by atoms with van der Waals surface area (Å²) in [4.78, 5) is 17.2. The number of amides is 1. The van der Waals surface area contributed by atoms with E-state index in [9.17, 15) is 9.90 Å². The van der Waals surface area contributed by atoms with Crippen LogP contribution in [0.4, 0.5) is 0 Å². The van der Waals surface area contributed by atoms with Crippen LogP contribution in [0.3, 0.4) is 0 Å². The molecule has 0 saturated carbocycles. The Bertz CT molecular complexity index is 941. The van der Waals surface area contributed by atoms with Gasteiger partial charge >= 0.3 is 0 Å². The molecule has 0 aromatic heterocycles. The van der Waals surface area contributed by atoms with Crippen molar-refractivity contribution in [3.63, 3.8) is 0 Å². The van der Waals surface area contributed by atoms with E-state index in [0.29, 0.717) is 19.1 Å². The molecule has 2 aromatic carbocycles. The Morgan fingerprint density at radius 2 is 1.78 bits per heavy atom. The van der Waals surface area contributed by atoms with Crippen LogP contribution < -0.4 is 9.47 Å². The second-order valence-electron chi connectivity index (χ2n) is 9.47. The maximum Gasteiger partial charge on any atom is 0.253 e. The van der Waals surface area contributed by atoms with Gasteiger partial charge in [-0.15, -0.1) is 0 Å². The highest BCUT2D eigenvalue weighted by Gasteiger charge is 2.47. The molecule has 6 nitrogen and oxygen atoms in total. The zero-order valence-electron chi connectivity index (χ0n) is 19.5. The van der Waals surface area contributed by atoms with Crippen molar-refractivity contribution in [3.8, 4) is 11.5 Å². The van der Waals surface area contributed by atoms with Gasteiger partial charge in [-0.3, -0.25) is 9.69 Å². The number of nitrogens with zero attached hydrogens (tertiary/aromatic N) is 2. The maximum absolute atomic E-state index is 12.8. The van der Waals surface area contributed by atoms with Gasteiger partial charge in [0.2, 0.25) is 0 Å². The summed E-state index contributed by atoms with van der Waals surface area (Å²) in [6, 6.07) is 17.1. The predicted molar refractivity (Wildman–Crippen MR) is 124 cm³/mol. The summed E-state index contributed by atoms with van der Waals surface area (Å²) in [5, 5.41) is 10.3. The minimum absolute atomic E-state index is 0.191. The number of carbonyl (C=O) groups excluding carboxylic acids is 1. The quantitative estimate of drug-likeness (QED) is 0.750. The van der Waals surface area contributed by atoms with Crippen LogP contribution in [0.25, 0.3) is 0 Å². The summed E-state index contributed by atoms with van der Waals surface area (Å²) in [7, 11) is 3.30. The second kappa shape index (κ2) is 9.12. The summed E-state index contributed by atoms with van der Waals surface area (Å²) in [6.45, 7) is 6.29. The molecule has 4 rings (SSSR count). The fraction of sp³-hybridized carbons (Fsp3) is 0.500. The molecular formula is C26H34N2O4. The number of hydrogen-bond acceptors (Lipinski definition) is 5. The molecule has 32 heavy (non-hydrogen) atoms. The summed E-state index contributed by atoms with van der Waals surface area (Å²) in [5.41, 5.74) is 1.15. The minimum atomic E-state index is -1.35. The van der Waals surface area contributed by atoms with Crippen molar-refractivity contribution in [3.05, 3.63) is 59.7 Å². The number of aliphatic hydroxyl groups is 1. The topological polar surface area (TPSA) is 62.2 Å². The molecule has 0 radical (unpaired) electrons. The first-order chi connectivity index (χ1) is 15.3. The van der Waals surface area contributed by atoms with Gasteiger partial charge in [0.25, 0.3) is 5.91 Å². The molecule has 0 spiro atoms. The molecule has 2 aliphatic heterocycles. The summed E-state index contributed by atoms with van der Waals surface area (Å²) in [6.07, 6.45) is 0.906. The molecule has 0 aliphatic carbocycles. The van der Waals surface area contributed by atoms with Crippen LogP contribution in [0, 0.1) is 5.92 Å². The summed E-state index contributed by atoms with van der Waals surface area (Å²) < 4.78 is 11.0. The predicted octanol–water partition coefficient (Wildman–Crippen LogP) is 3.29. The number of methoxy groups -OCH3 is 2. The molecule has 2 aliphatic rings. The molecule has 172 valence electrons. The van der Waals surface area contributed by atoms with E-state index in [2.05, 4.69) is 41.3 Å². The van der Waals surface area contributed by atoms with Gasteiger partial charge in [0, 0.05) is 44.1 Å². The fourth-order valence-corrected chi connectivity index (χ4v) is 5.35. The minimum Gasteiger partial charge on any atom is -0.493 e. The molecule has 2 saturated heterocycles. The van der Waals surface area contributed by atoms with Gasteiger partial charge in [-0.2, -0.15) is 0 Å². The van der Waals surface area contributed by atoms with E-state index >= 15 is 0 Å². The Labute approximate surface area is 190 Å². The Kier molecular flexibility index (Phi) is 6.45. The fourth-order valence-electron chi connectivity index (χ4n) is 5.35. The van der Waals surface area contributed by atoms with Gasteiger partial charge in [0.15, 0.2) is 11.5 Å². The number of piperidine rings is 1. The van der Waals surface area contributed by atoms with Crippen LogP contribution in [0.5, 0.6) is 11.5 Å². The van der Waals surface area contributed by atoms with Crippen LogP contribution in [0.15, 0.2) is 48.5 Å². The number of hydrogen-bond donors (Lipinski definition) is 1. The SMILES string of the molecule is COc1ccc([C@H]2CN(Cc3ccccc3)[C@@H]3CCN(C(=O)C(C)(C)O)C[C@H]23)cc1OC. The molecule has 6 heteroatoms. The number of benzene rings is 2. The van der Waals surface area contributed by atoms with Crippen LogP contribution >= 0.6 is 0 Å². The lowest BCUT2D eigenvalue weighted by atomic mass is 9.81. The number of ether oxygens (including phenoxy) is 2. The highest BCUT2D eigenvalue weighted by Crippen LogP contribution is 2.44. The van der Waals surface area contributed by atoms with Gasteiger partial charge in [-0.05, 0) is 43.5 Å². The average Bonchev–Trinajstić information content (AvgIpc) is 3.15. The third-order valence-corrected chi connectivity index (χ3v) is 6.91. The Balaban J connectivity index is 1.64. The highest BCUT2D eigenvalue weighted by atomic mass is 16.5. The van der Waals surface area contributed by atoms with Crippen LogP contribution in [-0.2, 0) is 11.3 Å². The number of carbonyl (C=O) groups is 1. The molecule has 2 aromatic rings. The largest absolute Gasteiger partial charge is 0.493 e. The zero-order valence-corrected chi connectivity index (χ0v) is 19.5. The van der Waals surface area contributed by atoms with E-state index in [1.807, 2.05) is 17.0 Å². The van der Waals surface area contributed by atoms with Crippen molar-refractivity contribution in [2.24, 2.45) is 5.92 Å². The van der Waals surface area contributed by atoms with E-state index in [4.69, 9.17) is 9.47 Å². The van der Waals surface area contributed by atoms with Crippen molar-refractivity contribution in [2.75, 3.05) is 33.9 Å². The molecule has 2 heterocycles. The van der Waals surface area contributed by atoms with Gasteiger partial charge in [0.05, 0.1) is 14.2 Å². The van der Waals surface area contributed by atoms with Crippen LogP contribution in [0.1, 0.15) is 37.3 Å². The van der Waals surface area contributed by atoms with Gasteiger partial charge in [0.1, 0.15) is 5.60 Å². The number of likely N-dealkylation sites (tertiary alicyclic amines) is 2. The Morgan fingerprint density at radius 3 is 2.44 bits per heavy atom. The molecular weight excluding hydrogens is 404 g/mol. The van der Waals surface area contributed by atoms with E-state index in [1.165, 1.54) is 11.1 Å². The molecule has 0 bridgehead atoms. The first-order valence-corrected chi connectivity index (χ1v) is 11.3. The monoisotopic (exact) mass is 438 g/mol. The van der Waals surface area contributed by atoms with Gasteiger partial charge in [-0.25, -0.2) is 0 Å². The van der Waals surface area contributed by atoms with Crippen molar-refractivity contribution < 1.29 is 19.4 Å². The smallest absolute Gasteiger partial charge is 0.253 e. The maximum atomic E-state index is 12.8. The first kappa shape index (κ1) is 22.6. The van der Waals surface area contributed by atoms with Crippen LogP contribution in [0.2, 0.25) is 0 Å². The summed E-state index contributed by atoms with van der Waals surface area (Å²) in [5.74, 6) is 1.80. The van der Waals surface area contributed by atoms with Crippen molar-refractivity contribution in [1.29, 1.82) is 0 Å². The number of fused-ring (bicyclic) bond motifs is 1. The standard InChI is InChI=1S/C26H34N2O4/c1-26(2,30)25(29)27-13-12-22-21(17-27)20(16-28(22)15-18-8-6-5-7-9-18)19-10-11-23(31-3)24(14-19)32-4/h5-11,14,20-22,30H,12-13,15-17H2,1-4H3/t20-,21-,22-/m1/s1. The zero-order chi connectivity index (χ0) is 22.9. The molecule has 0 unspecified atom stereocenters. The van der Waals surface area contributed by atoms with E-state index in [0.717, 1.165) is 31.0 Å². The van der Waals surface area contributed by atoms with Crippen LogP contribution in [-0.4, -0.2) is 66.3 Å². The average molecular weight is 439 g/mol. The lowest BCUT2D eigenvalue weighted by Gasteiger charge is -2.41. The molecule has 3 atom stereocenters. The molecule has 2 fully saturated rings. The third-order valence-electron chi connectivity index (χ3n) is 6.91. The second-order valence-corrected chi connectivity index (χ2v) is 9.47. The highest BCUT2D eigenvalue weighted by molar-refractivity contribution is 5.84. The first-order valence-electron chi connectivity index (χ1n) is 11.3. The van der Waals surface area contributed by atoms with Crippen molar-refractivity contribution in [2.45, 2.75) is 44.4 Å².